The second kappa shape index (κ2) is 5.48. The summed E-state index contributed by atoms with van der Waals surface area (Å²) in [5.41, 5.74) is 6.05. The van der Waals surface area contributed by atoms with Crippen LogP contribution in [0.4, 0.5) is 0 Å². The standard InChI is InChI=1S/C13H26N2O/c1-10-9-16-11(2)7-15(10)8-12-4-3-5-13(14)6-12/h10-13H,3-9,14H2,1-2H3. The topological polar surface area (TPSA) is 38.5 Å². The van der Waals surface area contributed by atoms with E-state index in [1.54, 1.807) is 0 Å². The number of nitrogens with two attached hydrogens (primary N) is 1. The van der Waals surface area contributed by atoms with Gasteiger partial charge in [0.25, 0.3) is 0 Å². The van der Waals surface area contributed by atoms with Crippen LogP contribution in [0.15, 0.2) is 0 Å². The van der Waals surface area contributed by atoms with Crippen LogP contribution in [0, 0.1) is 5.92 Å². The van der Waals surface area contributed by atoms with Gasteiger partial charge in [0, 0.05) is 25.2 Å². The molecule has 0 aromatic heterocycles. The van der Waals surface area contributed by atoms with Gasteiger partial charge in [-0.3, -0.25) is 4.90 Å². The van der Waals surface area contributed by atoms with Crippen LogP contribution in [0.3, 0.4) is 0 Å². The Labute approximate surface area is 99.3 Å². The summed E-state index contributed by atoms with van der Waals surface area (Å²) in [5, 5.41) is 0. The molecule has 0 bridgehead atoms. The van der Waals surface area contributed by atoms with Gasteiger partial charge >= 0.3 is 0 Å². The molecule has 4 atom stereocenters. The average molecular weight is 226 g/mol. The molecule has 1 aliphatic carbocycles. The lowest BCUT2D eigenvalue weighted by atomic mass is 9.85. The van der Waals surface area contributed by atoms with Crippen molar-refractivity contribution >= 4 is 0 Å². The van der Waals surface area contributed by atoms with Gasteiger partial charge < -0.3 is 10.5 Å². The molecule has 1 heterocycles. The summed E-state index contributed by atoms with van der Waals surface area (Å²) < 4.78 is 5.66. The van der Waals surface area contributed by atoms with Crippen LogP contribution in [-0.2, 0) is 4.74 Å². The van der Waals surface area contributed by atoms with Crippen LogP contribution in [0.1, 0.15) is 39.5 Å². The third-order valence-electron chi connectivity index (χ3n) is 4.05. The van der Waals surface area contributed by atoms with Crippen molar-refractivity contribution in [2.75, 3.05) is 19.7 Å². The van der Waals surface area contributed by atoms with Crippen LogP contribution in [0.2, 0.25) is 0 Å². The Hall–Kier alpha value is -0.120. The van der Waals surface area contributed by atoms with E-state index in [0.717, 1.165) is 19.1 Å². The van der Waals surface area contributed by atoms with Crippen LogP contribution >= 0.6 is 0 Å². The summed E-state index contributed by atoms with van der Waals surface area (Å²) in [6.45, 7) is 7.65. The Morgan fingerprint density at radius 2 is 2.12 bits per heavy atom. The van der Waals surface area contributed by atoms with E-state index in [2.05, 4.69) is 18.7 Å². The number of ether oxygens (including phenoxy) is 1. The lowest BCUT2D eigenvalue weighted by Gasteiger charge is -2.40. The average Bonchev–Trinajstić information content (AvgIpc) is 2.24. The first-order valence-electron chi connectivity index (χ1n) is 6.76. The monoisotopic (exact) mass is 226 g/mol. The second-order valence-corrected chi connectivity index (χ2v) is 5.74. The van der Waals surface area contributed by atoms with Crippen molar-refractivity contribution in [1.82, 2.24) is 4.90 Å². The minimum Gasteiger partial charge on any atom is -0.376 e. The van der Waals surface area contributed by atoms with Crippen molar-refractivity contribution in [1.29, 1.82) is 0 Å². The summed E-state index contributed by atoms with van der Waals surface area (Å²) in [4.78, 5) is 2.59. The van der Waals surface area contributed by atoms with Crippen molar-refractivity contribution in [3.05, 3.63) is 0 Å². The molecule has 16 heavy (non-hydrogen) atoms. The molecule has 4 unspecified atom stereocenters. The molecule has 2 aliphatic rings. The lowest BCUT2D eigenvalue weighted by molar-refractivity contribution is -0.0559. The predicted molar refractivity (Wildman–Crippen MR) is 66.4 cm³/mol. The van der Waals surface area contributed by atoms with E-state index < -0.39 is 0 Å². The summed E-state index contributed by atoms with van der Waals surface area (Å²) in [6.07, 6.45) is 5.53. The zero-order chi connectivity index (χ0) is 11.5. The normalized spacial score (nSPS) is 42.2. The van der Waals surface area contributed by atoms with Gasteiger partial charge in [-0.1, -0.05) is 6.42 Å². The number of rotatable bonds is 2. The smallest absolute Gasteiger partial charge is 0.0674 e. The van der Waals surface area contributed by atoms with Gasteiger partial charge in [0.05, 0.1) is 12.7 Å². The van der Waals surface area contributed by atoms with E-state index in [1.165, 1.54) is 32.2 Å². The summed E-state index contributed by atoms with van der Waals surface area (Å²) in [7, 11) is 0. The van der Waals surface area contributed by atoms with E-state index in [-0.39, 0.29) is 0 Å². The zero-order valence-corrected chi connectivity index (χ0v) is 10.7. The van der Waals surface area contributed by atoms with E-state index in [0.29, 0.717) is 18.2 Å². The van der Waals surface area contributed by atoms with Gasteiger partial charge in [-0.2, -0.15) is 0 Å². The molecule has 3 nitrogen and oxygen atoms in total. The summed E-state index contributed by atoms with van der Waals surface area (Å²) >= 11 is 0. The van der Waals surface area contributed by atoms with Crippen molar-refractivity contribution in [3.63, 3.8) is 0 Å². The van der Waals surface area contributed by atoms with E-state index in [9.17, 15) is 0 Å². The fourth-order valence-electron chi connectivity index (χ4n) is 3.06. The maximum absolute atomic E-state index is 6.05. The highest BCUT2D eigenvalue weighted by Gasteiger charge is 2.27. The Morgan fingerprint density at radius 3 is 2.88 bits per heavy atom. The third-order valence-corrected chi connectivity index (χ3v) is 4.05. The Morgan fingerprint density at radius 1 is 1.31 bits per heavy atom. The Kier molecular flexibility index (Phi) is 4.22. The van der Waals surface area contributed by atoms with E-state index in [1.807, 2.05) is 0 Å². The molecule has 3 heteroatoms. The number of nitrogens with zero attached hydrogens (tertiary/aromatic N) is 1. The van der Waals surface area contributed by atoms with Crippen LogP contribution < -0.4 is 5.73 Å². The van der Waals surface area contributed by atoms with Gasteiger partial charge in [0.2, 0.25) is 0 Å². The van der Waals surface area contributed by atoms with Crippen molar-refractivity contribution in [2.24, 2.45) is 11.7 Å². The molecule has 2 fully saturated rings. The molecule has 0 aromatic rings. The van der Waals surface area contributed by atoms with Crippen molar-refractivity contribution in [2.45, 2.75) is 57.7 Å². The van der Waals surface area contributed by atoms with E-state index >= 15 is 0 Å². The first-order chi connectivity index (χ1) is 7.65. The fourth-order valence-corrected chi connectivity index (χ4v) is 3.06. The van der Waals surface area contributed by atoms with Crippen LogP contribution in [0.25, 0.3) is 0 Å². The van der Waals surface area contributed by atoms with Gasteiger partial charge in [0.15, 0.2) is 0 Å². The first kappa shape index (κ1) is 12.3. The molecule has 0 amide bonds. The first-order valence-corrected chi connectivity index (χ1v) is 6.76. The highest BCUT2D eigenvalue weighted by Crippen LogP contribution is 2.25. The molecule has 0 aromatic carbocycles. The minimum absolute atomic E-state index is 0.397. The molecule has 1 saturated carbocycles. The molecule has 1 saturated heterocycles. The highest BCUT2D eigenvalue weighted by atomic mass is 16.5. The molecule has 0 spiro atoms. The number of hydrogen-bond donors (Lipinski definition) is 1. The zero-order valence-electron chi connectivity index (χ0n) is 10.7. The molecule has 94 valence electrons. The molecular formula is C13H26N2O. The second-order valence-electron chi connectivity index (χ2n) is 5.74. The molecular weight excluding hydrogens is 200 g/mol. The molecule has 2 rings (SSSR count). The van der Waals surface area contributed by atoms with Crippen molar-refractivity contribution in [3.8, 4) is 0 Å². The largest absolute Gasteiger partial charge is 0.376 e. The molecule has 0 radical (unpaired) electrons. The quantitative estimate of drug-likeness (QED) is 0.777. The predicted octanol–water partition coefficient (Wildman–Crippen LogP) is 1.61. The van der Waals surface area contributed by atoms with Crippen LogP contribution in [-0.4, -0.2) is 42.8 Å². The SMILES string of the molecule is CC1CN(CC2CCCC(N)C2)C(C)CO1. The molecule has 1 aliphatic heterocycles. The van der Waals surface area contributed by atoms with Gasteiger partial charge in [-0.05, 0) is 39.0 Å². The fraction of sp³-hybridized carbons (Fsp3) is 1.00. The summed E-state index contributed by atoms with van der Waals surface area (Å²) in [5.74, 6) is 0.816. The van der Waals surface area contributed by atoms with Crippen LogP contribution in [0.5, 0.6) is 0 Å². The summed E-state index contributed by atoms with van der Waals surface area (Å²) in [6, 6.07) is 1.03. The van der Waals surface area contributed by atoms with Gasteiger partial charge in [-0.25, -0.2) is 0 Å². The minimum atomic E-state index is 0.397. The Balaban J connectivity index is 1.82. The maximum atomic E-state index is 6.05. The Bertz CT molecular complexity index is 222. The highest BCUT2D eigenvalue weighted by molar-refractivity contribution is 4.82. The third kappa shape index (κ3) is 3.19. The van der Waals surface area contributed by atoms with Crippen molar-refractivity contribution < 1.29 is 4.74 Å². The molecule has 2 N–H and O–H groups in total. The lowest BCUT2D eigenvalue weighted by Crippen LogP contribution is -2.49. The number of hydrogen-bond acceptors (Lipinski definition) is 3. The van der Waals surface area contributed by atoms with Gasteiger partial charge in [-0.15, -0.1) is 0 Å². The van der Waals surface area contributed by atoms with E-state index in [4.69, 9.17) is 10.5 Å². The maximum Gasteiger partial charge on any atom is 0.0674 e. The number of morpholine rings is 1. The van der Waals surface area contributed by atoms with Gasteiger partial charge in [0.1, 0.15) is 0 Å².